The topological polar surface area (TPSA) is 125 Å². The molecule has 1 saturated carbocycles. The first kappa shape index (κ1) is 38.0. The Morgan fingerprint density at radius 2 is 1.91 bits per heavy atom. The van der Waals surface area contributed by atoms with Gasteiger partial charge in [0.2, 0.25) is 0 Å². The van der Waals surface area contributed by atoms with E-state index in [1.54, 1.807) is 48.7 Å². The maximum absolute atomic E-state index is 15.1. The molecule has 3 atom stereocenters. The molecule has 2 aromatic heterocycles. The fraction of sp³-hybridized carbons (Fsp3) is 0.432. The van der Waals surface area contributed by atoms with E-state index >= 15 is 4.79 Å². The Bertz CT molecular complexity index is 1970. The SMILES string of the molecule is CC(C)(C)C[C@]1(C2(C)C=CC(c3cnn(C(F)F)c3)=CC2)NC(=N)N([C@H](COC(=O)NC2(C(F)(F)F)CC2)c2ccc(Cl)c(-c3ccccn3)c2)C1=O. The van der Waals surface area contributed by atoms with E-state index in [1.165, 1.54) is 17.3 Å². The van der Waals surface area contributed by atoms with Gasteiger partial charge in [-0.25, -0.2) is 9.48 Å². The number of nitrogens with one attached hydrogen (secondary N) is 3. The smallest absolute Gasteiger partial charge is 0.411 e. The number of hydrogen-bond acceptors (Lipinski definition) is 6. The van der Waals surface area contributed by atoms with E-state index in [0.717, 1.165) is 0 Å². The normalized spacial score (nSPS) is 23.2. The lowest BCUT2D eigenvalue weighted by Gasteiger charge is -2.46. The minimum absolute atomic E-state index is 0.229. The standard InChI is InChI=1S/C37H39ClF5N7O3/c1-33(2,3)21-36(34(4)12-10-22(11-13-34)24-18-46-49(19-24)30(39)40)29(51)50(31(44)47-36)28(20-53-32(52)48-35(14-15-35)37(41,42)43)23-8-9-26(38)25(17-23)27-7-5-6-16-45-27/h5-12,16-19,28,30H,13-15,20-21H2,1-4H3,(H2,44,47)(H,48,52)/t28-,34?,36+/m1/s1. The van der Waals surface area contributed by atoms with Crippen LogP contribution in [0.25, 0.3) is 16.8 Å². The number of benzene rings is 1. The highest BCUT2D eigenvalue weighted by Crippen LogP contribution is 2.51. The third-order valence-corrected chi connectivity index (χ3v) is 10.4. The molecule has 1 aromatic carbocycles. The number of alkyl halides is 5. The Hall–Kier alpha value is -4.79. The summed E-state index contributed by atoms with van der Waals surface area (Å²) in [6.07, 6.45) is 3.46. The number of hydrogen-bond donors (Lipinski definition) is 3. The fourth-order valence-corrected chi connectivity index (χ4v) is 7.27. The highest BCUT2D eigenvalue weighted by Gasteiger charge is 2.65. The van der Waals surface area contributed by atoms with Crippen LogP contribution < -0.4 is 10.6 Å². The van der Waals surface area contributed by atoms with Crippen LogP contribution in [0.2, 0.25) is 5.02 Å². The maximum Gasteiger partial charge on any atom is 0.411 e. The van der Waals surface area contributed by atoms with Crippen LogP contribution in [-0.2, 0) is 9.53 Å². The van der Waals surface area contributed by atoms with Crippen molar-refractivity contribution in [1.82, 2.24) is 30.3 Å². The van der Waals surface area contributed by atoms with E-state index in [4.69, 9.17) is 16.3 Å². The van der Waals surface area contributed by atoms with Crippen LogP contribution in [0.1, 0.15) is 77.1 Å². The van der Waals surface area contributed by atoms with Crippen molar-refractivity contribution in [2.45, 2.75) is 83.2 Å². The molecule has 2 fully saturated rings. The first-order chi connectivity index (χ1) is 24.8. The van der Waals surface area contributed by atoms with Gasteiger partial charge in [-0.1, -0.05) is 69.7 Å². The summed E-state index contributed by atoms with van der Waals surface area (Å²) in [5.74, 6) is -0.830. The molecule has 1 unspecified atom stereocenters. The van der Waals surface area contributed by atoms with E-state index in [0.29, 0.717) is 37.7 Å². The van der Waals surface area contributed by atoms with E-state index in [1.807, 2.05) is 45.2 Å². The first-order valence-corrected chi connectivity index (χ1v) is 17.3. The average molecular weight is 760 g/mol. The van der Waals surface area contributed by atoms with E-state index in [-0.39, 0.29) is 31.6 Å². The lowest BCUT2D eigenvalue weighted by Crippen LogP contribution is -2.60. The lowest BCUT2D eigenvalue weighted by molar-refractivity contribution is -0.164. The van der Waals surface area contributed by atoms with Crippen molar-refractivity contribution in [2.75, 3.05) is 6.61 Å². The summed E-state index contributed by atoms with van der Waals surface area (Å²) >= 11 is 6.58. The number of carbonyl (C=O) groups excluding carboxylic acids is 2. The zero-order valence-corrected chi connectivity index (χ0v) is 30.2. The summed E-state index contributed by atoms with van der Waals surface area (Å²) in [6, 6.07) is 8.85. The monoisotopic (exact) mass is 759 g/mol. The maximum atomic E-state index is 15.1. The molecule has 1 saturated heterocycles. The Morgan fingerprint density at radius 3 is 2.47 bits per heavy atom. The summed E-state index contributed by atoms with van der Waals surface area (Å²) in [5.41, 5.74) is -2.82. The van der Waals surface area contributed by atoms with Crippen molar-refractivity contribution in [3.8, 4) is 11.3 Å². The Kier molecular flexibility index (Phi) is 9.71. The molecule has 0 spiro atoms. The molecule has 2 amide bonds. The number of rotatable bonds is 10. The minimum Gasteiger partial charge on any atom is -0.447 e. The van der Waals surface area contributed by atoms with Crippen LogP contribution in [-0.4, -0.2) is 61.5 Å². The first-order valence-electron chi connectivity index (χ1n) is 16.9. The molecule has 282 valence electrons. The van der Waals surface area contributed by atoms with E-state index < -0.39 is 59.3 Å². The number of guanidine groups is 1. The Morgan fingerprint density at radius 1 is 1.17 bits per heavy atom. The number of pyridine rings is 1. The summed E-state index contributed by atoms with van der Waals surface area (Å²) in [6.45, 7) is 4.29. The van der Waals surface area contributed by atoms with Crippen LogP contribution in [0, 0.1) is 16.2 Å². The molecular weight excluding hydrogens is 721 g/mol. The number of carbonyl (C=O) groups is 2. The average Bonchev–Trinajstić information content (AvgIpc) is 3.63. The fourth-order valence-electron chi connectivity index (χ4n) is 7.06. The van der Waals surface area contributed by atoms with Gasteiger partial charge in [-0.15, -0.1) is 0 Å². The van der Waals surface area contributed by atoms with Gasteiger partial charge in [0.25, 0.3) is 5.91 Å². The molecular formula is C37H39ClF5N7O3. The Labute approximate surface area is 307 Å². The molecule has 0 bridgehead atoms. The number of alkyl carbamates (subject to hydrolysis) is 1. The van der Waals surface area contributed by atoms with Crippen LogP contribution in [0.3, 0.4) is 0 Å². The molecule has 3 N–H and O–H groups in total. The number of amides is 2. The third-order valence-electron chi connectivity index (χ3n) is 10.1. The molecule has 2 aliphatic carbocycles. The quantitative estimate of drug-likeness (QED) is 0.178. The second-order valence-corrected chi connectivity index (χ2v) is 15.6. The molecule has 0 radical (unpaired) electrons. The van der Waals surface area contributed by atoms with Gasteiger partial charge in [-0.3, -0.25) is 20.1 Å². The van der Waals surface area contributed by atoms with Gasteiger partial charge in [0.1, 0.15) is 17.7 Å². The number of halogens is 6. The highest BCUT2D eigenvalue weighted by molar-refractivity contribution is 6.33. The summed E-state index contributed by atoms with van der Waals surface area (Å²) in [4.78, 5) is 33.6. The van der Waals surface area contributed by atoms with Gasteiger partial charge in [0.05, 0.1) is 17.9 Å². The van der Waals surface area contributed by atoms with Crippen molar-refractivity contribution in [1.29, 1.82) is 5.41 Å². The molecule has 10 nitrogen and oxygen atoms in total. The number of allylic oxidation sites excluding steroid dienone is 3. The lowest BCUT2D eigenvalue weighted by atomic mass is 9.61. The molecule has 1 aliphatic heterocycles. The number of ether oxygens (including phenoxy) is 1. The molecule has 53 heavy (non-hydrogen) atoms. The molecule has 6 rings (SSSR count). The Balaban J connectivity index is 1.37. The van der Waals surface area contributed by atoms with Gasteiger partial charge >= 0.3 is 18.8 Å². The summed E-state index contributed by atoms with van der Waals surface area (Å²) in [5, 5.41) is 18.4. The van der Waals surface area contributed by atoms with Crippen molar-refractivity contribution in [2.24, 2.45) is 10.8 Å². The van der Waals surface area contributed by atoms with Crippen molar-refractivity contribution in [3.05, 3.63) is 89.4 Å². The van der Waals surface area contributed by atoms with Gasteiger partial charge in [-0.05, 0) is 66.5 Å². The molecule has 3 aromatic rings. The summed E-state index contributed by atoms with van der Waals surface area (Å²) in [7, 11) is 0. The van der Waals surface area contributed by atoms with Gasteiger partial charge in [-0.2, -0.15) is 27.1 Å². The van der Waals surface area contributed by atoms with Crippen LogP contribution in [0.4, 0.5) is 26.7 Å². The predicted octanol–water partition coefficient (Wildman–Crippen LogP) is 8.45. The molecule has 16 heteroatoms. The van der Waals surface area contributed by atoms with Crippen molar-refractivity contribution in [3.63, 3.8) is 0 Å². The van der Waals surface area contributed by atoms with E-state index in [2.05, 4.69) is 15.4 Å². The number of nitrogens with zero attached hydrogens (tertiary/aromatic N) is 4. The zero-order valence-electron chi connectivity index (χ0n) is 29.4. The predicted molar refractivity (Wildman–Crippen MR) is 188 cm³/mol. The van der Waals surface area contributed by atoms with E-state index in [9.17, 15) is 32.2 Å². The second kappa shape index (κ2) is 13.6. The van der Waals surface area contributed by atoms with Gasteiger partial charge < -0.3 is 15.4 Å². The van der Waals surface area contributed by atoms with Crippen LogP contribution >= 0.6 is 11.6 Å². The molecule has 3 aliphatic rings. The van der Waals surface area contributed by atoms with Gasteiger partial charge in [0, 0.05) is 34.0 Å². The third kappa shape index (κ3) is 7.27. The number of aromatic nitrogens is 3. The van der Waals surface area contributed by atoms with Crippen LogP contribution in [0.15, 0.2) is 73.2 Å². The largest absolute Gasteiger partial charge is 0.447 e. The second-order valence-electron chi connectivity index (χ2n) is 15.2. The highest BCUT2D eigenvalue weighted by atomic mass is 35.5. The zero-order chi connectivity index (χ0) is 38.6. The van der Waals surface area contributed by atoms with Crippen molar-refractivity contribution >= 4 is 35.1 Å². The summed E-state index contributed by atoms with van der Waals surface area (Å²) < 4.78 is 73.5. The minimum atomic E-state index is -4.68. The van der Waals surface area contributed by atoms with Gasteiger partial charge in [0.15, 0.2) is 5.96 Å². The molecule has 3 heterocycles. The van der Waals surface area contributed by atoms with Crippen molar-refractivity contribution < 1.29 is 36.3 Å². The van der Waals surface area contributed by atoms with Crippen LogP contribution in [0.5, 0.6) is 0 Å².